The predicted molar refractivity (Wildman–Crippen MR) is 100 cm³/mol. The molecule has 0 bridgehead atoms. The summed E-state index contributed by atoms with van der Waals surface area (Å²) in [7, 11) is 0. The maximum atomic E-state index is 12.7. The molecule has 0 fully saturated rings. The van der Waals surface area contributed by atoms with Crippen LogP contribution in [0.2, 0.25) is 0 Å². The van der Waals surface area contributed by atoms with Crippen LogP contribution in [0.15, 0.2) is 47.3 Å². The Balaban J connectivity index is 1.51. The van der Waals surface area contributed by atoms with Gasteiger partial charge in [-0.3, -0.25) is 14.6 Å². The van der Waals surface area contributed by atoms with Crippen LogP contribution in [0, 0.1) is 0 Å². The summed E-state index contributed by atoms with van der Waals surface area (Å²) >= 11 is 0. The monoisotopic (exact) mass is 379 g/mol. The lowest BCUT2D eigenvalue weighted by molar-refractivity contribution is 0.0932. The molecule has 1 aliphatic rings. The summed E-state index contributed by atoms with van der Waals surface area (Å²) in [5.41, 5.74) is 2.05. The number of pyridine rings is 1. The highest BCUT2D eigenvalue weighted by atomic mass is 16.3. The van der Waals surface area contributed by atoms with Crippen molar-refractivity contribution in [1.29, 1.82) is 0 Å². The van der Waals surface area contributed by atoms with Crippen LogP contribution in [0.1, 0.15) is 51.0 Å². The van der Waals surface area contributed by atoms with Crippen molar-refractivity contribution in [2.75, 3.05) is 0 Å². The minimum Gasteiger partial charge on any atom is -0.467 e. The normalized spacial score (nSPS) is 13.0. The quantitative estimate of drug-likeness (QED) is 0.683. The number of nitrogens with zero attached hydrogens (tertiary/aromatic N) is 3. The Labute approximate surface area is 162 Å². The van der Waals surface area contributed by atoms with Crippen molar-refractivity contribution >= 4 is 11.8 Å². The van der Waals surface area contributed by atoms with Crippen molar-refractivity contribution in [1.82, 2.24) is 25.2 Å². The van der Waals surface area contributed by atoms with E-state index in [4.69, 9.17) is 4.42 Å². The van der Waals surface area contributed by atoms with Crippen LogP contribution in [0.25, 0.3) is 0 Å². The van der Waals surface area contributed by atoms with E-state index in [1.165, 1.54) is 0 Å². The lowest BCUT2D eigenvalue weighted by Crippen LogP contribution is -2.27. The fraction of sp³-hybridized carbons (Fsp3) is 0.300. The third-order valence-corrected chi connectivity index (χ3v) is 4.72. The number of hydrogen-bond donors (Lipinski definition) is 2. The van der Waals surface area contributed by atoms with Gasteiger partial charge in [-0.2, -0.15) is 0 Å². The molecule has 0 saturated heterocycles. The molecule has 4 rings (SSSR count). The first-order valence-corrected chi connectivity index (χ1v) is 9.29. The van der Waals surface area contributed by atoms with Crippen molar-refractivity contribution in [3.8, 4) is 0 Å². The molecule has 2 amide bonds. The Morgan fingerprint density at radius 3 is 2.79 bits per heavy atom. The summed E-state index contributed by atoms with van der Waals surface area (Å²) < 4.78 is 7.10. The summed E-state index contributed by atoms with van der Waals surface area (Å²) in [6.45, 7) is 1.32. The zero-order chi connectivity index (χ0) is 19.3. The highest BCUT2D eigenvalue weighted by Gasteiger charge is 2.27. The van der Waals surface area contributed by atoms with Gasteiger partial charge in [0.05, 0.1) is 18.5 Å². The number of fused-ring (bicyclic) bond motifs is 1. The maximum Gasteiger partial charge on any atom is 0.287 e. The Hall–Kier alpha value is -3.42. The largest absolute Gasteiger partial charge is 0.467 e. The number of imidazole rings is 1. The number of aromatic nitrogens is 3. The van der Waals surface area contributed by atoms with Crippen molar-refractivity contribution in [2.24, 2.45) is 0 Å². The number of rotatable bonds is 6. The Kier molecular flexibility index (Phi) is 5.18. The van der Waals surface area contributed by atoms with Gasteiger partial charge in [0.2, 0.25) is 0 Å². The molecule has 0 unspecified atom stereocenters. The first-order valence-electron chi connectivity index (χ1n) is 9.29. The van der Waals surface area contributed by atoms with Crippen molar-refractivity contribution in [2.45, 2.75) is 38.9 Å². The molecule has 0 aliphatic carbocycles. The zero-order valence-corrected chi connectivity index (χ0v) is 15.4. The molecule has 0 spiro atoms. The van der Waals surface area contributed by atoms with Gasteiger partial charge < -0.3 is 19.6 Å². The molecular weight excluding hydrogens is 358 g/mol. The maximum absolute atomic E-state index is 12.7. The topological polar surface area (TPSA) is 102 Å². The molecule has 0 saturated carbocycles. The van der Waals surface area contributed by atoms with E-state index in [0.717, 1.165) is 30.5 Å². The summed E-state index contributed by atoms with van der Waals surface area (Å²) in [4.78, 5) is 33.8. The first kappa shape index (κ1) is 18.0. The van der Waals surface area contributed by atoms with Crippen LogP contribution in [0.5, 0.6) is 0 Å². The lowest BCUT2D eigenvalue weighted by atomic mass is 10.1. The van der Waals surface area contributed by atoms with Crippen LogP contribution < -0.4 is 10.6 Å². The fourth-order valence-electron chi connectivity index (χ4n) is 3.33. The molecule has 0 radical (unpaired) electrons. The second-order valence-electron chi connectivity index (χ2n) is 6.65. The second kappa shape index (κ2) is 8.08. The predicted octanol–water partition coefficient (Wildman–Crippen LogP) is 2.07. The summed E-state index contributed by atoms with van der Waals surface area (Å²) in [6, 6.07) is 7.27. The van der Waals surface area contributed by atoms with E-state index in [9.17, 15) is 9.59 Å². The second-order valence-corrected chi connectivity index (χ2v) is 6.65. The number of hydrogen-bond acceptors (Lipinski definition) is 5. The Morgan fingerprint density at radius 1 is 1.11 bits per heavy atom. The van der Waals surface area contributed by atoms with Gasteiger partial charge in [0.15, 0.2) is 5.82 Å². The SMILES string of the molecule is O=C(NCc1cccnc1)c1nc(C(=O)NCc2ccco2)n2c1CCCC2. The third-order valence-electron chi connectivity index (χ3n) is 4.72. The van der Waals surface area contributed by atoms with Gasteiger partial charge in [0.1, 0.15) is 11.5 Å². The molecule has 2 N–H and O–H groups in total. The Morgan fingerprint density at radius 2 is 2.00 bits per heavy atom. The summed E-state index contributed by atoms with van der Waals surface area (Å²) in [6.07, 6.45) is 7.61. The van der Waals surface area contributed by atoms with E-state index >= 15 is 0 Å². The van der Waals surface area contributed by atoms with Gasteiger partial charge in [-0.1, -0.05) is 6.07 Å². The minimum atomic E-state index is -0.314. The molecule has 3 aromatic rings. The van der Waals surface area contributed by atoms with Crippen LogP contribution in [0.4, 0.5) is 0 Å². The number of nitrogens with one attached hydrogen (secondary N) is 2. The Bertz CT molecular complexity index is 963. The molecule has 1 aliphatic heterocycles. The molecular formula is C20H21N5O3. The first-order chi connectivity index (χ1) is 13.7. The average molecular weight is 379 g/mol. The minimum absolute atomic E-state index is 0.271. The molecule has 0 aromatic carbocycles. The van der Waals surface area contributed by atoms with Crippen molar-refractivity contribution < 1.29 is 14.0 Å². The molecule has 8 nitrogen and oxygen atoms in total. The summed E-state index contributed by atoms with van der Waals surface area (Å²) in [5, 5.41) is 5.68. The van der Waals surface area contributed by atoms with Gasteiger partial charge in [-0.05, 0) is 43.0 Å². The number of carbonyl (C=O) groups is 2. The van der Waals surface area contributed by atoms with E-state index in [2.05, 4.69) is 20.6 Å². The number of carbonyl (C=O) groups excluding carboxylic acids is 2. The third kappa shape index (κ3) is 3.80. The lowest BCUT2D eigenvalue weighted by Gasteiger charge is -2.17. The molecule has 3 aromatic heterocycles. The van der Waals surface area contributed by atoms with E-state index in [1.807, 2.05) is 16.7 Å². The van der Waals surface area contributed by atoms with Crippen LogP contribution in [-0.4, -0.2) is 26.3 Å². The molecule has 144 valence electrons. The van der Waals surface area contributed by atoms with Crippen molar-refractivity contribution in [3.05, 3.63) is 71.5 Å². The van der Waals surface area contributed by atoms with E-state index in [0.29, 0.717) is 24.5 Å². The summed E-state index contributed by atoms with van der Waals surface area (Å²) in [5.74, 6) is 0.339. The highest BCUT2D eigenvalue weighted by molar-refractivity contribution is 5.97. The fourth-order valence-corrected chi connectivity index (χ4v) is 3.33. The van der Waals surface area contributed by atoms with Gasteiger partial charge in [-0.25, -0.2) is 4.98 Å². The van der Waals surface area contributed by atoms with Gasteiger partial charge in [0, 0.05) is 25.5 Å². The number of amides is 2. The van der Waals surface area contributed by atoms with Crippen molar-refractivity contribution in [3.63, 3.8) is 0 Å². The van der Waals surface area contributed by atoms with Crippen LogP contribution in [0.3, 0.4) is 0 Å². The molecule has 8 heteroatoms. The zero-order valence-electron chi connectivity index (χ0n) is 15.4. The average Bonchev–Trinajstić information content (AvgIpc) is 3.39. The molecule has 0 atom stereocenters. The van der Waals surface area contributed by atoms with Gasteiger partial charge in [0.25, 0.3) is 11.8 Å². The van der Waals surface area contributed by atoms with Crippen LogP contribution in [-0.2, 0) is 26.1 Å². The standard InChI is InChI=1S/C20H21N5O3/c26-19(22-12-14-5-3-8-21-11-14)17-16-7-1-2-9-25(16)18(24-17)20(27)23-13-15-6-4-10-28-15/h3-6,8,10-11H,1-2,7,9,12-13H2,(H,22,26)(H,23,27). The molecule has 28 heavy (non-hydrogen) atoms. The van der Waals surface area contributed by atoms with E-state index < -0.39 is 0 Å². The molecule has 4 heterocycles. The van der Waals surface area contributed by atoms with E-state index in [-0.39, 0.29) is 24.2 Å². The highest BCUT2D eigenvalue weighted by Crippen LogP contribution is 2.21. The number of furan rings is 1. The van der Waals surface area contributed by atoms with Gasteiger partial charge in [-0.15, -0.1) is 0 Å². The van der Waals surface area contributed by atoms with E-state index in [1.54, 1.807) is 30.8 Å². The van der Waals surface area contributed by atoms with Gasteiger partial charge >= 0.3 is 0 Å². The smallest absolute Gasteiger partial charge is 0.287 e. The van der Waals surface area contributed by atoms with Crippen LogP contribution >= 0.6 is 0 Å².